The first-order valence-corrected chi connectivity index (χ1v) is 4.12. The van der Waals surface area contributed by atoms with Crippen molar-refractivity contribution in [3.05, 3.63) is 0 Å². The van der Waals surface area contributed by atoms with E-state index in [4.69, 9.17) is 4.74 Å². The van der Waals surface area contributed by atoms with Gasteiger partial charge in [0.25, 0.3) is 0 Å². The van der Waals surface area contributed by atoms with Gasteiger partial charge >= 0.3 is 0 Å². The number of hydrogen-bond donors (Lipinski definition) is 1. The van der Waals surface area contributed by atoms with Gasteiger partial charge in [-0.1, -0.05) is 12.8 Å². The lowest BCUT2D eigenvalue weighted by atomic mass is 9.99. The Kier molecular flexibility index (Phi) is 1.66. The van der Waals surface area contributed by atoms with Gasteiger partial charge in [0, 0.05) is 5.92 Å². The Morgan fingerprint density at radius 1 is 1.30 bits per heavy atom. The Balaban J connectivity index is 1.79. The molecular formula is C8H14O2. The van der Waals surface area contributed by atoms with Gasteiger partial charge in [-0.05, 0) is 12.3 Å². The van der Waals surface area contributed by atoms with E-state index >= 15 is 0 Å². The first-order valence-electron chi connectivity index (χ1n) is 4.12. The van der Waals surface area contributed by atoms with Crippen LogP contribution in [0.5, 0.6) is 0 Å². The Hall–Kier alpha value is -0.0800. The molecule has 10 heavy (non-hydrogen) atoms. The predicted octanol–water partition coefficient (Wildman–Crippen LogP) is 0.794. The van der Waals surface area contributed by atoms with E-state index in [0.717, 1.165) is 12.5 Å². The van der Waals surface area contributed by atoms with Crippen molar-refractivity contribution in [2.75, 3.05) is 13.2 Å². The van der Waals surface area contributed by atoms with Crippen molar-refractivity contribution in [2.45, 2.75) is 25.4 Å². The zero-order valence-corrected chi connectivity index (χ0v) is 6.12. The Labute approximate surface area is 61.2 Å². The van der Waals surface area contributed by atoms with E-state index in [-0.39, 0.29) is 6.10 Å². The van der Waals surface area contributed by atoms with Gasteiger partial charge in [-0.3, -0.25) is 0 Å². The first kappa shape index (κ1) is 6.62. The summed E-state index contributed by atoms with van der Waals surface area (Å²) in [7, 11) is 0. The van der Waals surface area contributed by atoms with Crippen LogP contribution in [-0.2, 0) is 4.74 Å². The first-order chi connectivity index (χ1) is 4.86. The van der Waals surface area contributed by atoms with E-state index in [1.807, 2.05) is 0 Å². The summed E-state index contributed by atoms with van der Waals surface area (Å²) in [6.45, 7) is 1.36. The summed E-state index contributed by atoms with van der Waals surface area (Å²) in [5.74, 6) is 1.37. The summed E-state index contributed by atoms with van der Waals surface area (Å²) in [5, 5.41) is 9.34. The molecule has 2 rings (SSSR count). The van der Waals surface area contributed by atoms with Crippen molar-refractivity contribution in [2.24, 2.45) is 11.8 Å². The summed E-state index contributed by atoms with van der Waals surface area (Å²) in [6.07, 6.45) is 3.79. The van der Waals surface area contributed by atoms with Crippen LogP contribution in [0.3, 0.4) is 0 Å². The molecule has 1 aliphatic carbocycles. The van der Waals surface area contributed by atoms with E-state index in [9.17, 15) is 5.11 Å². The SMILES string of the molecule is OC1COCC1CC1CC1. The van der Waals surface area contributed by atoms with Gasteiger partial charge in [0.1, 0.15) is 0 Å². The van der Waals surface area contributed by atoms with Crippen LogP contribution in [0.1, 0.15) is 19.3 Å². The third-order valence-electron chi connectivity index (χ3n) is 2.50. The van der Waals surface area contributed by atoms with Crippen LogP contribution in [0.25, 0.3) is 0 Å². The van der Waals surface area contributed by atoms with Crippen LogP contribution in [0, 0.1) is 11.8 Å². The summed E-state index contributed by atoms with van der Waals surface area (Å²) >= 11 is 0. The van der Waals surface area contributed by atoms with Crippen molar-refractivity contribution in [3.8, 4) is 0 Å². The number of rotatable bonds is 2. The fourth-order valence-electron chi connectivity index (χ4n) is 1.59. The highest BCUT2D eigenvalue weighted by Gasteiger charge is 2.32. The van der Waals surface area contributed by atoms with Gasteiger partial charge in [-0.15, -0.1) is 0 Å². The maximum atomic E-state index is 9.34. The standard InChI is InChI=1S/C8H14O2/c9-8-5-10-4-7(8)3-6-1-2-6/h6-9H,1-5H2. The van der Waals surface area contributed by atoms with Gasteiger partial charge in [-0.2, -0.15) is 0 Å². The minimum atomic E-state index is -0.166. The number of hydrogen-bond acceptors (Lipinski definition) is 2. The van der Waals surface area contributed by atoms with Crippen LogP contribution in [0.15, 0.2) is 0 Å². The molecule has 2 aliphatic rings. The largest absolute Gasteiger partial charge is 0.390 e. The lowest BCUT2D eigenvalue weighted by Gasteiger charge is -2.09. The molecule has 2 unspecified atom stereocenters. The fraction of sp³-hybridized carbons (Fsp3) is 1.00. The molecule has 0 amide bonds. The zero-order chi connectivity index (χ0) is 6.97. The third-order valence-corrected chi connectivity index (χ3v) is 2.50. The Bertz CT molecular complexity index is 120. The lowest BCUT2D eigenvalue weighted by molar-refractivity contribution is 0.116. The molecule has 2 heteroatoms. The van der Waals surface area contributed by atoms with E-state index in [1.54, 1.807) is 0 Å². The number of aliphatic hydroxyl groups is 1. The monoisotopic (exact) mass is 142 g/mol. The smallest absolute Gasteiger partial charge is 0.0823 e. The second-order valence-electron chi connectivity index (χ2n) is 3.54. The molecule has 0 aromatic carbocycles. The number of ether oxygens (including phenoxy) is 1. The highest BCUT2D eigenvalue weighted by Crippen LogP contribution is 2.37. The zero-order valence-electron chi connectivity index (χ0n) is 6.12. The summed E-state index contributed by atoms with van der Waals surface area (Å²) in [6, 6.07) is 0. The van der Waals surface area contributed by atoms with Gasteiger partial charge in [-0.25, -0.2) is 0 Å². The van der Waals surface area contributed by atoms with Crippen LogP contribution in [0.2, 0.25) is 0 Å². The van der Waals surface area contributed by atoms with Crippen molar-refractivity contribution < 1.29 is 9.84 Å². The van der Waals surface area contributed by atoms with Gasteiger partial charge in [0.15, 0.2) is 0 Å². The van der Waals surface area contributed by atoms with Gasteiger partial charge < -0.3 is 9.84 Å². The van der Waals surface area contributed by atoms with Crippen molar-refractivity contribution in [3.63, 3.8) is 0 Å². The van der Waals surface area contributed by atoms with E-state index in [2.05, 4.69) is 0 Å². The molecule has 1 heterocycles. The molecule has 58 valence electrons. The van der Waals surface area contributed by atoms with Gasteiger partial charge in [0.05, 0.1) is 19.3 Å². The van der Waals surface area contributed by atoms with Crippen LogP contribution < -0.4 is 0 Å². The second kappa shape index (κ2) is 2.51. The van der Waals surface area contributed by atoms with Crippen LogP contribution >= 0.6 is 0 Å². The molecule has 2 nitrogen and oxygen atoms in total. The minimum Gasteiger partial charge on any atom is -0.390 e. The molecule has 1 saturated carbocycles. The number of aliphatic hydroxyl groups excluding tert-OH is 1. The molecule has 0 aromatic rings. The van der Waals surface area contributed by atoms with Crippen LogP contribution in [0.4, 0.5) is 0 Å². The summed E-state index contributed by atoms with van der Waals surface area (Å²) in [4.78, 5) is 0. The fourth-order valence-corrected chi connectivity index (χ4v) is 1.59. The highest BCUT2D eigenvalue weighted by molar-refractivity contribution is 4.82. The molecule has 1 saturated heterocycles. The second-order valence-corrected chi connectivity index (χ2v) is 3.54. The van der Waals surface area contributed by atoms with E-state index in [1.165, 1.54) is 19.3 Å². The quantitative estimate of drug-likeness (QED) is 0.617. The van der Waals surface area contributed by atoms with Gasteiger partial charge in [0.2, 0.25) is 0 Å². The molecule has 0 bridgehead atoms. The summed E-state index contributed by atoms with van der Waals surface area (Å²) < 4.78 is 5.15. The Morgan fingerprint density at radius 2 is 2.10 bits per heavy atom. The topological polar surface area (TPSA) is 29.5 Å². The minimum absolute atomic E-state index is 0.166. The van der Waals surface area contributed by atoms with Crippen molar-refractivity contribution >= 4 is 0 Å². The average molecular weight is 142 g/mol. The Morgan fingerprint density at radius 3 is 2.60 bits per heavy atom. The maximum absolute atomic E-state index is 9.34. The maximum Gasteiger partial charge on any atom is 0.0823 e. The highest BCUT2D eigenvalue weighted by atomic mass is 16.5. The summed E-state index contributed by atoms with van der Waals surface area (Å²) in [5.41, 5.74) is 0. The molecular weight excluding hydrogens is 128 g/mol. The molecule has 1 N–H and O–H groups in total. The van der Waals surface area contributed by atoms with E-state index in [0.29, 0.717) is 12.5 Å². The molecule has 2 atom stereocenters. The average Bonchev–Trinajstić information content (AvgIpc) is 2.62. The predicted molar refractivity (Wildman–Crippen MR) is 37.7 cm³/mol. The lowest BCUT2D eigenvalue weighted by Crippen LogP contribution is -2.17. The molecule has 2 fully saturated rings. The third kappa shape index (κ3) is 1.32. The normalized spacial score (nSPS) is 40.5. The molecule has 0 radical (unpaired) electrons. The van der Waals surface area contributed by atoms with E-state index < -0.39 is 0 Å². The molecule has 1 aliphatic heterocycles. The van der Waals surface area contributed by atoms with Crippen LogP contribution in [-0.4, -0.2) is 24.4 Å². The van der Waals surface area contributed by atoms with Crippen molar-refractivity contribution in [1.29, 1.82) is 0 Å². The molecule has 0 aromatic heterocycles. The van der Waals surface area contributed by atoms with Crippen molar-refractivity contribution in [1.82, 2.24) is 0 Å². The molecule has 0 spiro atoms.